The lowest BCUT2D eigenvalue weighted by atomic mass is 9.84. The molecular formula is C26H34N2O4. The predicted octanol–water partition coefficient (Wildman–Crippen LogP) is 5.57. The molecule has 1 N–H and O–H groups in total. The van der Waals surface area contributed by atoms with E-state index in [0.717, 1.165) is 6.42 Å². The number of benzene rings is 1. The van der Waals surface area contributed by atoms with Crippen LogP contribution in [0.1, 0.15) is 43.6 Å². The summed E-state index contributed by atoms with van der Waals surface area (Å²) >= 11 is 0. The highest BCUT2D eigenvalue weighted by atomic mass is 16.6. The minimum atomic E-state index is -1.33. The molecule has 172 valence electrons. The number of aliphatic carboxylic acids is 1. The molecule has 2 atom stereocenters. The maximum absolute atomic E-state index is 12.2. The van der Waals surface area contributed by atoms with Crippen molar-refractivity contribution in [2.24, 2.45) is 0 Å². The molecule has 6 heteroatoms. The first-order valence-electron chi connectivity index (χ1n) is 10.6. The number of carboxylic acids is 1. The van der Waals surface area contributed by atoms with Gasteiger partial charge in [0.05, 0.1) is 0 Å². The topological polar surface area (TPSA) is 81.5 Å². The number of carbonyl (C=O) groups is 1. The number of nitrogens with zero attached hydrogens (tertiary/aromatic N) is 2. The largest absolute Gasteiger partial charge is 0.478 e. The number of hydrogen-bond donors (Lipinski definition) is 1. The molecule has 2 rings (SSSR count). The van der Waals surface area contributed by atoms with E-state index in [9.17, 15) is 9.90 Å². The number of hydrogen-bond acceptors (Lipinski definition) is 5. The number of aromatic nitrogens is 2. The summed E-state index contributed by atoms with van der Waals surface area (Å²) in [6, 6.07) is 11.1. The van der Waals surface area contributed by atoms with Crippen molar-refractivity contribution < 1.29 is 19.4 Å². The molecule has 6 nitrogen and oxygen atoms in total. The van der Waals surface area contributed by atoms with Crippen molar-refractivity contribution in [1.29, 1.82) is 0 Å². The van der Waals surface area contributed by atoms with E-state index in [2.05, 4.69) is 16.5 Å². The molecule has 1 heterocycles. The highest BCUT2D eigenvalue weighted by molar-refractivity contribution is 5.75. The third kappa shape index (κ3) is 7.78. The van der Waals surface area contributed by atoms with E-state index < -0.39 is 17.7 Å². The number of rotatable bonds is 10. The van der Waals surface area contributed by atoms with Crippen LogP contribution in [0.25, 0.3) is 0 Å². The Morgan fingerprint density at radius 3 is 2.25 bits per heavy atom. The molecule has 0 aliphatic carbocycles. The quantitative estimate of drug-likeness (QED) is 0.386. The second kappa shape index (κ2) is 13.9. The Kier molecular flexibility index (Phi) is 11.7. The molecule has 0 radical (unpaired) electrons. The van der Waals surface area contributed by atoms with Crippen LogP contribution in [0.5, 0.6) is 6.01 Å². The summed E-state index contributed by atoms with van der Waals surface area (Å²) in [4.78, 5) is 20.6. The van der Waals surface area contributed by atoms with Crippen LogP contribution in [-0.2, 0) is 15.1 Å². The summed E-state index contributed by atoms with van der Waals surface area (Å²) in [6.45, 7) is 11.1. The summed E-state index contributed by atoms with van der Waals surface area (Å²) in [5.74, 6) is -1.15. The van der Waals surface area contributed by atoms with Crippen molar-refractivity contribution in [3.63, 3.8) is 0 Å². The first-order valence-corrected chi connectivity index (χ1v) is 10.6. The Hall–Kier alpha value is -3.25. The smallest absolute Gasteiger partial charge is 0.348 e. The van der Waals surface area contributed by atoms with Gasteiger partial charge in [-0.2, -0.15) is 0 Å². The summed E-state index contributed by atoms with van der Waals surface area (Å²) in [6.07, 6.45) is 9.32. The molecule has 0 aliphatic heterocycles. The van der Waals surface area contributed by atoms with Crippen LogP contribution in [0.4, 0.5) is 0 Å². The zero-order chi connectivity index (χ0) is 24.0. The Morgan fingerprint density at radius 2 is 1.81 bits per heavy atom. The fourth-order valence-electron chi connectivity index (χ4n) is 3.16. The third-order valence-corrected chi connectivity index (χ3v) is 4.61. The Labute approximate surface area is 191 Å². The van der Waals surface area contributed by atoms with Crippen LogP contribution in [0.2, 0.25) is 0 Å². The van der Waals surface area contributed by atoms with Crippen LogP contribution < -0.4 is 4.74 Å². The number of allylic oxidation sites excluding steroid dienone is 4. The molecule has 1 aromatic carbocycles. The number of carboxylic acid groups (broad SMARTS) is 1. The summed E-state index contributed by atoms with van der Waals surface area (Å²) in [5.41, 5.74) is 0.898. The van der Waals surface area contributed by atoms with Gasteiger partial charge in [0.15, 0.2) is 0 Å². The monoisotopic (exact) mass is 438 g/mol. The van der Waals surface area contributed by atoms with Crippen molar-refractivity contribution in [2.75, 3.05) is 7.11 Å². The fraction of sp³-hybridized carbons (Fsp3) is 0.346. The summed E-state index contributed by atoms with van der Waals surface area (Å²) in [7, 11) is 1.49. The summed E-state index contributed by atoms with van der Waals surface area (Å²) in [5, 5.41) is 9.97. The van der Waals surface area contributed by atoms with E-state index in [1.54, 1.807) is 12.1 Å². The molecule has 0 saturated heterocycles. The average Bonchev–Trinajstić information content (AvgIpc) is 2.76. The van der Waals surface area contributed by atoms with Crippen molar-refractivity contribution in [2.45, 2.75) is 52.2 Å². The first-order chi connectivity index (χ1) is 15.3. The minimum absolute atomic E-state index is 0.0247. The highest BCUT2D eigenvalue weighted by Crippen LogP contribution is 2.35. The molecule has 32 heavy (non-hydrogen) atoms. The van der Waals surface area contributed by atoms with Crippen LogP contribution in [-0.4, -0.2) is 34.3 Å². The SMILES string of the molecule is C=C/C=C\C.CC/C=C\CC(OC)(c1ccccc1)C(Oc1nc(C)cc(C)n1)C(=O)O. The Balaban J connectivity index is 0.000000920. The van der Waals surface area contributed by atoms with Crippen LogP contribution in [0, 0.1) is 13.8 Å². The predicted molar refractivity (Wildman–Crippen MR) is 128 cm³/mol. The zero-order valence-electron chi connectivity index (χ0n) is 19.6. The van der Waals surface area contributed by atoms with Gasteiger partial charge in [-0.05, 0) is 38.8 Å². The van der Waals surface area contributed by atoms with Gasteiger partial charge in [0, 0.05) is 24.9 Å². The van der Waals surface area contributed by atoms with Gasteiger partial charge in [-0.3, -0.25) is 0 Å². The molecule has 2 aromatic rings. The van der Waals surface area contributed by atoms with Gasteiger partial charge in [-0.15, -0.1) is 0 Å². The van der Waals surface area contributed by atoms with Crippen molar-refractivity contribution in [1.82, 2.24) is 9.97 Å². The lowest BCUT2D eigenvalue weighted by Crippen LogP contribution is -2.49. The maximum Gasteiger partial charge on any atom is 0.348 e. The number of aryl methyl sites for hydroxylation is 2. The fourth-order valence-corrected chi connectivity index (χ4v) is 3.16. The van der Waals surface area contributed by atoms with Gasteiger partial charge < -0.3 is 14.6 Å². The highest BCUT2D eigenvalue weighted by Gasteiger charge is 2.47. The lowest BCUT2D eigenvalue weighted by Gasteiger charge is -2.36. The molecule has 0 spiro atoms. The van der Waals surface area contributed by atoms with E-state index in [-0.39, 0.29) is 6.01 Å². The van der Waals surface area contributed by atoms with Gasteiger partial charge in [-0.1, -0.05) is 74.2 Å². The first kappa shape index (κ1) is 26.8. The van der Waals surface area contributed by atoms with Crippen molar-refractivity contribution >= 4 is 5.97 Å². The average molecular weight is 439 g/mol. The molecule has 2 unspecified atom stereocenters. The van der Waals surface area contributed by atoms with E-state index in [4.69, 9.17) is 9.47 Å². The molecule has 0 fully saturated rings. The Morgan fingerprint density at radius 1 is 1.19 bits per heavy atom. The molecular weight excluding hydrogens is 404 g/mol. The maximum atomic E-state index is 12.2. The van der Waals surface area contributed by atoms with Gasteiger partial charge in [0.25, 0.3) is 0 Å². The molecule has 0 saturated carbocycles. The van der Waals surface area contributed by atoms with Crippen LogP contribution in [0.15, 0.2) is 73.4 Å². The zero-order valence-corrected chi connectivity index (χ0v) is 19.6. The summed E-state index contributed by atoms with van der Waals surface area (Å²) < 4.78 is 11.6. The van der Waals surface area contributed by atoms with Gasteiger partial charge in [0.1, 0.15) is 5.60 Å². The normalized spacial score (nSPS) is 13.8. The van der Waals surface area contributed by atoms with Crippen molar-refractivity contribution in [3.8, 4) is 6.01 Å². The number of methoxy groups -OCH3 is 1. The lowest BCUT2D eigenvalue weighted by molar-refractivity contribution is -0.166. The van der Waals surface area contributed by atoms with Gasteiger partial charge in [0.2, 0.25) is 6.10 Å². The van der Waals surface area contributed by atoms with E-state index >= 15 is 0 Å². The van der Waals surface area contributed by atoms with Gasteiger partial charge in [-0.25, -0.2) is 14.8 Å². The van der Waals surface area contributed by atoms with Crippen LogP contribution >= 0.6 is 0 Å². The van der Waals surface area contributed by atoms with E-state index in [1.165, 1.54) is 7.11 Å². The third-order valence-electron chi connectivity index (χ3n) is 4.61. The van der Waals surface area contributed by atoms with Crippen LogP contribution in [0.3, 0.4) is 0 Å². The molecule has 0 bridgehead atoms. The molecule has 0 aliphatic rings. The van der Waals surface area contributed by atoms with E-state index in [0.29, 0.717) is 23.4 Å². The van der Waals surface area contributed by atoms with E-state index in [1.807, 2.05) is 82.3 Å². The number of ether oxygens (including phenoxy) is 2. The van der Waals surface area contributed by atoms with Crippen molar-refractivity contribution in [3.05, 3.63) is 90.3 Å². The molecule has 1 aromatic heterocycles. The molecule has 0 amide bonds. The Bertz CT molecular complexity index is 889. The van der Waals surface area contributed by atoms with Gasteiger partial charge >= 0.3 is 12.0 Å². The minimum Gasteiger partial charge on any atom is -0.478 e. The standard InChI is InChI=1S/C21H26N2O4.C5H8/c1-5-6-10-13-21(26-4,17-11-8-7-9-12-17)18(19(24)25)27-20-22-15(2)14-16(3)23-20;1-3-5-4-2/h6-12,14,18H,5,13H2,1-4H3,(H,24,25);3-5H,1H2,2H3/b10-6-;5-4-. The second-order valence-electron chi connectivity index (χ2n) is 7.07. The second-order valence-corrected chi connectivity index (χ2v) is 7.07.